The van der Waals surface area contributed by atoms with Gasteiger partial charge in [0.1, 0.15) is 5.69 Å². The van der Waals surface area contributed by atoms with Crippen molar-refractivity contribution >= 4 is 0 Å². The van der Waals surface area contributed by atoms with E-state index in [1.807, 2.05) is 0 Å². The molecule has 0 saturated carbocycles. The molecule has 1 aromatic heterocycles. The van der Waals surface area contributed by atoms with E-state index in [0.717, 1.165) is 13.1 Å². The maximum atomic E-state index is 10.1. The van der Waals surface area contributed by atoms with Crippen LogP contribution in [0.1, 0.15) is 24.8 Å². The fraction of sp³-hybridized carbons (Fsp3) is 0.778. The van der Waals surface area contributed by atoms with Crippen LogP contribution in [0.2, 0.25) is 0 Å². The molecule has 6 heteroatoms. The first kappa shape index (κ1) is 9.26. The summed E-state index contributed by atoms with van der Waals surface area (Å²) in [5.74, 6) is 0. The zero-order valence-corrected chi connectivity index (χ0v) is 8.43. The Balaban J connectivity index is 1.72. The molecule has 3 heterocycles. The first-order valence-electron chi connectivity index (χ1n) is 5.37. The number of aromatic nitrogens is 3. The first-order valence-corrected chi connectivity index (χ1v) is 5.37. The predicted molar refractivity (Wildman–Crippen MR) is 52.9 cm³/mol. The van der Waals surface area contributed by atoms with E-state index in [0.29, 0.717) is 17.8 Å². The van der Waals surface area contributed by atoms with E-state index in [-0.39, 0.29) is 0 Å². The molecule has 1 aromatic rings. The molecule has 2 saturated heterocycles. The molecule has 2 bridgehead atoms. The number of hydrogen-bond donors (Lipinski definition) is 3. The zero-order chi connectivity index (χ0) is 10.3. The van der Waals surface area contributed by atoms with Crippen LogP contribution in [0, 0.1) is 0 Å². The smallest absolute Gasteiger partial charge is 0.154 e. The van der Waals surface area contributed by atoms with Gasteiger partial charge in [-0.15, -0.1) is 5.10 Å². The van der Waals surface area contributed by atoms with Crippen LogP contribution in [0.3, 0.4) is 0 Å². The van der Waals surface area contributed by atoms with Crippen LogP contribution in [0.5, 0.6) is 0 Å². The van der Waals surface area contributed by atoms with Crippen molar-refractivity contribution in [1.29, 1.82) is 0 Å². The summed E-state index contributed by atoms with van der Waals surface area (Å²) in [6.45, 7) is 1.79. The Hall–Kier alpha value is -0.980. The average Bonchev–Trinajstić information content (AvgIpc) is 2.87. The van der Waals surface area contributed by atoms with Crippen LogP contribution in [0.25, 0.3) is 0 Å². The van der Waals surface area contributed by atoms with Gasteiger partial charge in [-0.2, -0.15) is 0 Å². The fourth-order valence-electron chi connectivity index (χ4n) is 2.55. The molecule has 0 radical (unpaired) electrons. The molecule has 3 unspecified atom stereocenters. The molecular formula is C9H15N5O. The summed E-state index contributed by atoms with van der Waals surface area (Å²) in [6.07, 6.45) is 3.46. The topological polar surface area (TPSA) is 77.1 Å². The largest absolute Gasteiger partial charge is 0.372 e. The number of likely N-dealkylation sites (tertiary alicyclic amines) is 1. The molecule has 0 aromatic carbocycles. The van der Waals surface area contributed by atoms with Gasteiger partial charge in [0.15, 0.2) is 6.23 Å². The molecule has 2 aliphatic heterocycles. The number of piperazine rings is 1. The van der Waals surface area contributed by atoms with Gasteiger partial charge in [-0.1, -0.05) is 5.21 Å². The molecule has 0 spiro atoms. The predicted octanol–water partition coefficient (Wildman–Crippen LogP) is -0.768. The SMILES string of the molecule is OC(c1c[nH]nn1)N1CC2CCC(C1)N2. The quantitative estimate of drug-likeness (QED) is 0.596. The van der Waals surface area contributed by atoms with Crippen LogP contribution in [0.15, 0.2) is 6.20 Å². The van der Waals surface area contributed by atoms with Gasteiger partial charge in [-0.05, 0) is 12.8 Å². The lowest BCUT2D eigenvalue weighted by Crippen LogP contribution is -2.52. The van der Waals surface area contributed by atoms with E-state index >= 15 is 0 Å². The zero-order valence-electron chi connectivity index (χ0n) is 8.43. The van der Waals surface area contributed by atoms with E-state index < -0.39 is 6.23 Å². The Morgan fingerprint density at radius 1 is 1.40 bits per heavy atom. The molecule has 15 heavy (non-hydrogen) atoms. The summed E-state index contributed by atoms with van der Waals surface area (Å²) in [5, 5.41) is 23.7. The van der Waals surface area contributed by atoms with E-state index in [9.17, 15) is 5.11 Å². The van der Waals surface area contributed by atoms with Crippen molar-refractivity contribution in [1.82, 2.24) is 25.6 Å². The van der Waals surface area contributed by atoms with Crippen molar-refractivity contribution in [2.45, 2.75) is 31.2 Å². The Morgan fingerprint density at radius 3 is 2.73 bits per heavy atom. The Labute approximate surface area is 87.7 Å². The molecule has 0 amide bonds. The van der Waals surface area contributed by atoms with E-state index in [1.54, 1.807) is 6.20 Å². The average molecular weight is 209 g/mol. The molecule has 0 aliphatic carbocycles. The van der Waals surface area contributed by atoms with E-state index in [2.05, 4.69) is 25.6 Å². The monoisotopic (exact) mass is 209 g/mol. The highest BCUT2D eigenvalue weighted by Gasteiger charge is 2.35. The van der Waals surface area contributed by atoms with Crippen LogP contribution in [0.4, 0.5) is 0 Å². The van der Waals surface area contributed by atoms with Gasteiger partial charge in [0.2, 0.25) is 0 Å². The van der Waals surface area contributed by atoms with Gasteiger partial charge in [0.25, 0.3) is 0 Å². The van der Waals surface area contributed by atoms with Crippen molar-refractivity contribution in [3.8, 4) is 0 Å². The lowest BCUT2D eigenvalue weighted by Gasteiger charge is -2.35. The normalized spacial score (nSPS) is 33.1. The number of rotatable bonds is 2. The summed E-state index contributed by atoms with van der Waals surface area (Å²) in [5.41, 5.74) is 0.608. The van der Waals surface area contributed by atoms with Crippen molar-refractivity contribution in [3.63, 3.8) is 0 Å². The minimum absolute atomic E-state index is 0.533. The van der Waals surface area contributed by atoms with Gasteiger partial charge in [-0.25, -0.2) is 0 Å². The number of H-pyrrole nitrogens is 1. The molecule has 2 aliphatic rings. The van der Waals surface area contributed by atoms with Gasteiger partial charge in [-0.3, -0.25) is 10.00 Å². The lowest BCUT2D eigenvalue weighted by molar-refractivity contribution is -0.0202. The van der Waals surface area contributed by atoms with E-state index in [1.165, 1.54) is 12.8 Å². The minimum atomic E-state index is -0.617. The van der Waals surface area contributed by atoms with Crippen LogP contribution < -0.4 is 5.32 Å². The lowest BCUT2D eigenvalue weighted by atomic mass is 10.2. The second-order valence-electron chi connectivity index (χ2n) is 4.36. The van der Waals surface area contributed by atoms with Crippen LogP contribution in [-0.2, 0) is 0 Å². The van der Waals surface area contributed by atoms with Gasteiger partial charge < -0.3 is 10.4 Å². The molecule has 3 atom stereocenters. The maximum absolute atomic E-state index is 10.1. The number of nitrogens with zero attached hydrogens (tertiary/aromatic N) is 3. The first-order chi connectivity index (χ1) is 7.33. The Morgan fingerprint density at radius 2 is 2.13 bits per heavy atom. The number of fused-ring (bicyclic) bond motifs is 2. The van der Waals surface area contributed by atoms with Crippen molar-refractivity contribution < 1.29 is 5.11 Å². The standard InChI is InChI=1S/C9H15N5O/c15-9(8-3-10-13-12-8)14-4-6-1-2-7(5-14)11-6/h3,6-7,9,11,15H,1-2,4-5H2,(H,10,12,13). The third-order valence-electron chi connectivity index (χ3n) is 3.29. The molecule has 6 nitrogen and oxygen atoms in total. The fourth-order valence-corrected chi connectivity index (χ4v) is 2.55. The molecule has 82 valence electrons. The van der Waals surface area contributed by atoms with Crippen LogP contribution >= 0.6 is 0 Å². The summed E-state index contributed by atoms with van der Waals surface area (Å²) in [7, 11) is 0. The summed E-state index contributed by atoms with van der Waals surface area (Å²) >= 11 is 0. The Kier molecular flexibility index (Phi) is 2.19. The van der Waals surface area contributed by atoms with Gasteiger partial charge in [0, 0.05) is 31.4 Å². The third-order valence-corrected chi connectivity index (χ3v) is 3.29. The maximum Gasteiger partial charge on any atom is 0.154 e. The highest BCUT2D eigenvalue weighted by Crippen LogP contribution is 2.25. The number of aromatic amines is 1. The van der Waals surface area contributed by atoms with Gasteiger partial charge in [0.05, 0.1) is 0 Å². The summed E-state index contributed by atoms with van der Waals surface area (Å²) in [6, 6.07) is 1.07. The highest BCUT2D eigenvalue weighted by atomic mass is 16.3. The number of nitrogens with one attached hydrogen (secondary N) is 2. The molecule has 2 fully saturated rings. The number of aliphatic hydroxyl groups excluding tert-OH is 1. The second-order valence-corrected chi connectivity index (χ2v) is 4.36. The van der Waals surface area contributed by atoms with Crippen molar-refractivity contribution in [3.05, 3.63) is 11.9 Å². The third kappa shape index (κ3) is 1.64. The number of aliphatic hydroxyl groups is 1. The molecule has 3 rings (SSSR count). The van der Waals surface area contributed by atoms with Crippen molar-refractivity contribution in [2.75, 3.05) is 13.1 Å². The molecule has 3 N–H and O–H groups in total. The summed E-state index contributed by atoms with van der Waals surface area (Å²) in [4.78, 5) is 2.07. The Bertz CT molecular complexity index is 315. The summed E-state index contributed by atoms with van der Waals surface area (Å²) < 4.78 is 0. The van der Waals surface area contributed by atoms with Crippen LogP contribution in [-0.4, -0.2) is 50.6 Å². The van der Waals surface area contributed by atoms with E-state index in [4.69, 9.17) is 0 Å². The van der Waals surface area contributed by atoms with Crippen molar-refractivity contribution in [2.24, 2.45) is 0 Å². The minimum Gasteiger partial charge on any atom is -0.372 e. The van der Waals surface area contributed by atoms with Gasteiger partial charge >= 0.3 is 0 Å². The second kappa shape index (κ2) is 3.55. The molecular weight excluding hydrogens is 194 g/mol. The highest BCUT2D eigenvalue weighted by molar-refractivity contribution is 5.00. The number of hydrogen-bond acceptors (Lipinski definition) is 5.